The van der Waals surface area contributed by atoms with Crippen molar-refractivity contribution in [3.63, 3.8) is 0 Å². The minimum Gasteiger partial charge on any atom is -0.327 e. The quantitative estimate of drug-likeness (QED) is 0.488. The normalized spacial score (nSPS) is 18.3. The van der Waals surface area contributed by atoms with Gasteiger partial charge in [0.15, 0.2) is 5.82 Å². The fourth-order valence-electron chi connectivity index (χ4n) is 3.89. The first-order valence-electron chi connectivity index (χ1n) is 9.54. The summed E-state index contributed by atoms with van der Waals surface area (Å²) >= 11 is 1.59. The summed E-state index contributed by atoms with van der Waals surface area (Å²) in [5.41, 5.74) is 2.10. The van der Waals surface area contributed by atoms with Gasteiger partial charge in [0, 0.05) is 36.7 Å². The summed E-state index contributed by atoms with van der Waals surface area (Å²) in [7, 11) is 1.85. The first-order chi connectivity index (χ1) is 14.9. The molecule has 158 valence electrons. The topological polar surface area (TPSA) is 81.7 Å². The summed E-state index contributed by atoms with van der Waals surface area (Å²) in [5.74, 6) is -2.15. The Hall–Kier alpha value is -3.47. The Morgan fingerprint density at radius 2 is 2.10 bits per heavy atom. The maximum Gasteiger partial charge on any atom is 0.296 e. The molecule has 4 heterocycles. The van der Waals surface area contributed by atoms with Crippen LogP contribution in [0.4, 0.5) is 8.78 Å². The number of carbonyl (C=O) groups is 1. The van der Waals surface area contributed by atoms with Gasteiger partial charge in [0.25, 0.3) is 11.7 Å². The van der Waals surface area contributed by atoms with Gasteiger partial charge in [0.2, 0.25) is 0 Å². The molecular weight excluding hydrogens is 424 g/mol. The van der Waals surface area contributed by atoms with Gasteiger partial charge in [-0.15, -0.1) is 26.3 Å². The number of aromatic nitrogens is 6. The highest BCUT2D eigenvalue weighted by atomic mass is 32.1. The van der Waals surface area contributed by atoms with Crippen LogP contribution in [0.1, 0.15) is 45.5 Å². The predicted octanol–water partition coefficient (Wildman–Crippen LogP) is 3.08. The van der Waals surface area contributed by atoms with Crippen molar-refractivity contribution in [2.24, 2.45) is 7.05 Å². The summed E-state index contributed by atoms with van der Waals surface area (Å²) in [6, 6.07) is 4.92. The van der Waals surface area contributed by atoms with Gasteiger partial charge in [0.1, 0.15) is 11.5 Å². The lowest BCUT2D eigenvalue weighted by Gasteiger charge is -2.37. The molecule has 31 heavy (non-hydrogen) atoms. The zero-order chi connectivity index (χ0) is 21.7. The highest BCUT2D eigenvalue weighted by Gasteiger charge is 2.37. The van der Waals surface area contributed by atoms with E-state index >= 15 is 0 Å². The van der Waals surface area contributed by atoms with E-state index in [0.29, 0.717) is 6.54 Å². The molecule has 1 amide bonds. The smallest absolute Gasteiger partial charge is 0.296 e. The largest absolute Gasteiger partial charge is 0.327 e. The van der Waals surface area contributed by atoms with Crippen molar-refractivity contribution in [2.45, 2.75) is 18.9 Å². The van der Waals surface area contributed by atoms with E-state index in [-0.39, 0.29) is 23.5 Å². The number of hydrogen-bond acceptors (Lipinski definition) is 6. The van der Waals surface area contributed by atoms with Crippen LogP contribution in [0.2, 0.25) is 0 Å². The fourth-order valence-corrected chi connectivity index (χ4v) is 4.92. The van der Waals surface area contributed by atoms with E-state index in [1.54, 1.807) is 27.1 Å². The molecule has 3 aromatic heterocycles. The molecule has 8 nitrogen and oxygen atoms in total. The number of rotatable bonds is 3. The van der Waals surface area contributed by atoms with Crippen LogP contribution in [-0.4, -0.2) is 47.3 Å². The van der Waals surface area contributed by atoms with Crippen molar-refractivity contribution >= 4 is 17.2 Å². The van der Waals surface area contributed by atoms with Crippen molar-refractivity contribution < 1.29 is 13.6 Å². The average Bonchev–Trinajstić information content (AvgIpc) is 3.48. The van der Waals surface area contributed by atoms with Crippen LogP contribution in [0.5, 0.6) is 0 Å². The molecule has 11 heteroatoms. The lowest BCUT2D eigenvalue weighted by molar-refractivity contribution is 0.0656. The lowest BCUT2D eigenvalue weighted by Crippen LogP contribution is -2.41. The van der Waals surface area contributed by atoms with Gasteiger partial charge in [0.05, 0.1) is 12.2 Å². The third-order valence-electron chi connectivity index (χ3n) is 5.45. The number of tetrazole rings is 1. The van der Waals surface area contributed by atoms with Gasteiger partial charge in [-0.2, -0.15) is 5.10 Å². The molecule has 0 N–H and O–H groups in total. The van der Waals surface area contributed by atoms with Gasteiger partial charge in [-0.05, 0) is 46.8 Å². The number of nitrogens with zero attached hydrogens (tertiary/aromatic N) is 7. The molecule has 0 radical (unpaired) electrons. The molecule has 1 aliphatic rings. The van der Waals surface area contributed by atoms with E-state index < -0.39 is 17.5 Å². The maximum absolute atomic E-state index is 14.1. The zero-order valence-electron chi connectivity index (χ0n) is 16.6. The summed E-state index contributed by atoms with van der Waals surface area (Å²) < 4.78 is 29.0. The fraction of sp³-hybridized carbons (Fsp3) is 0.250. The van der Waals surface area contributed by atoms with Crippen LogP contribution >= 0.6 is 11.3 Å². The van der Waals surface area contributed by atoms with Crippen LogP contribution in [0.25, 0.3) is 5.69 Å². The molecule has 0 bridgehead atoms. The van der Waals surface area contributed by atoms with Gasteiger partial charge < -0.3 is 4.90 Å². The van der Waals surface area contributed by atoms with Gasteiger partial charge in [-0.1, -0.05) is 0 Å². The first-order valence-corrected chi connectivity index (χ1v) is 10.4. The van der Waals surface area contributed by atoms with E-state index in [0.717, 1.165) is 27.4 Å². The molecular formula is C20H17F2N7OS. The van der Waals surface area contributed by atoms with Crippen LogP contribution in [0.3, 0.4) is 0 Å². The number of amides is 1. The Morgan fingerprint density at radius 1 is 1.26 bits per heavy atom. The number of benzene rings is 1. The Labute approximate surface area is 179 Å². The molecule has 1 aliphatic heterocycles. The highest BCUT2D eigenvalue weighted by Crippen LogP contribution is 2.42. The van der Waals surface area contributed by atoms with Gasteiger partial charge >= 0.3 is 0 Å². The minimum atomic E-state index is -0.845. The molecule has 0 aliphatic carbocycles. The Balaban J connectivity index is 1.47. The van der Waals surface area contributed by atoms with E-state index in [9.17, 15) is 13.6 Å². The summed E-state index contributed by atoms with van der Waals surface area (Å²) in [6.45, 7) is 2.38. The molecule has 5 rings (SSSR count). The molecule has 0 spiro atoms. The Morgan fingerprint density at radius 3 is 2.84 bits per heavy atom. The second-order valence-corrected chi connectivity index (χ2v) is 8.32. The number of fused-ring (bicyclic) bond motifs is 1. The molecule has 0 saturated heterocycles. The van der Waals surface area contributed by atoms with Crippen molar-refractivity contribution in [1.82, 2.24) is 34.9 Å². The van der Waals surface area contributed by atoms with E-state index in [1.807, 2.05) is 25.5 Å². The molecule has 2 unspecified atom stereocenters. The Kier molecular flexibility index (Phi) is 4.62. The highest BCUT2D eigenvalue weighted by molar-refractivity contribution is 7.10. The van der Waals surface area contributed by atoms with E-state index in [1.165, 1.54) is 11.6 Å². The van der Waals surface area contributed by atoms with Crippen LogP contribution in [0, 0.1) is 11.6 Å². The van der Waals surface area contributed by atoms with E-state index in [4.69, 9.17) is 0 Å². The average molecular weight is 441 g/mol. The zero-order valence-corrected chi connectivity index (χ0v) is 17.4. The monoisotopic (exact) mass is 441 g/mol. The molecule has 4 aromatic rings. The maximum atomic E-state index is 14.1. The SMILES string of the molecule is CC1c2sccc2C(c2cnn(C)c2)CN1C(=O)c1nnn(-c2ccc(F)cc2F)n1. The van der Waals surface area contributed by atoms with Crippen molar-refractivity contribution in [3.05, 3.63) is 75.5 Å². The standard InChI is InChI=1S/C20H17F2N7OS/c1-11-18-14(5-6-31-18)15(12-8-23-27(2)9-12)10-28(11)20(30)19-24-26-29(25-19)17-4-3-13(21)7-16(17)22/h3-9,11,15H,10H2,1-2H3. The first kappa shape index (κ1) is 19.5. The van der Waals surface area contributed by atoms with Crippen molar-refractivity contribution in [2.75, 3.05) is 6.54 Å². The van der Waals surface area contributed by atoms with Gasteiger partial charge in [-0.3, -0.25) is 9.48 Å². The molecule has 1 aromatic carbocycles. The third-order valence-corrected chi connectivity index (χ3v) is 6.55. The number of thiophene rings is 1. The molecule has 0 saturated carbocycles. The van der Waals surface area contributed by atoms with E-state index in [2.05, 4.69) is 26.6 Å². The second kappa shape index (κ2) is 7.34. The van der Waals surface area contributed by atoms with Crippen molar-refractivity contribution in [1.29, 1.82) is 0 Å². The number of hydrogen-bond donors (Lipinski definition) is 0. The van der Waals surface area contributed by atoms with Crippen LogP contribution in [-0.2, 0) is 7.05 Å². The van der Waals surface area contributed by atoms with Crippen LogP contribution < -0.4 is 0 Å². The van der Waals surface area contributed by atoms with Gasteiger partial charge in [-0.25, -0.2) is 8.78 Å². The Bertz CT molecular complexity index is 1280. The number of carbonyl (C=O) groups excluding carboxylic acids is 1. The second-order valence-electron chi connectivity index (χ2n) is 7.37. The molecule has 2 atom stereocenters. The number of aryl methyl sites for hydroxylation is 1. The third kappa shape index (κ3) is 3.30. The number of halogens is 2. The summed E-state index contributed by atoms with van der Waals surface area (Å²) in [4.78, 5) is 17.0. The van der Waals surface area contributed by atoms with Crippen LogP contribution in [0.15, 0.2) is 42.0 Å². The lowest BCUT2D eigenvalue weighted by atomic mass is 9.87. The molecule has 0 fully saturated rings. The van der Waals surface area contributed by atoms with Crippen molar-refractivity contribution in [3.8, 4) is 5.69 Å². The summed E-state index contributed by atoms with van der Waals surface area (Å²) in [5, 5.41) is 18.0. The minimum absolute atomic E-state index is 0.0281. The predicted molar refractivity (Wildman–Crippen MR) is 108 cm³/mol. The summed E-state index contributed by atoms with van der Waals surface area (Å²) in [6.07, 6.45) is 3.74.